The Balaban J connectivity index is 3.11. The fourth-order valence-corrected chi connectivity index (χ4v) is 2.27. The van der Waals surface area contributed by atoms with Crippen LogP contribution >= 0.6 is 0 Å². The number of rotatable bonds is 6. The van der Waals surface area contributed by atoms with Crippen molar-refractivity contribution in [3.63, 3.8) is 0 Å². The Morgan fingerprint density at radius 1 is 1.19 bits per heavy atom. The van der Waals surface area contributed by atoms with Gasteiger partial charge in [0.2, 0.25) is 0 Å². The third-order valence-electron chi connectivity index (χ3n) is 4.15. The van der Waals surface area contributed by atoms with E-state index < -0.39 is 11.6 Å². The first kappa shape index (κ1) is 17.9. The van der Waals surface area contributed by atoms with Crippen LogP contribution in [0.4, 0.5) is 8.78 Å². The number of nitrogens with one attached hydrogen (secondary N) is 1. The van der Waals surface area contributed by atoms with Crippen molar-refractivity contribution in [2.75, 3.05) is 13.7 Å². The summed E-state index contributed by atoms with van der Waals surface area (Å²) in [6, 6.07) is 2.14. The minimum Gasteiger partial charge on any atom is -0.497 e. The molecule has 0 amide bonds. The lowest BCUT2D eigenvalue weighted by Gasteiger charge is -2.31. The highest BCUT2D eigenvalue weighted by atomic mass is 19.1. The summed E-state index contributed by atoms with van der Waals surface area (Å²) in [4.78, 5) is 0. The molecule has 0 aliphatic rings. The number of ether oxygens (including phenoxy) is 1. The molecule has 0 aliphatic heterocycles. The highest BCUT2D eigenvalue weighted by Crippen LogP contribution is 2.35. The largest absolute Gasteiger partial charge is 0.497 e. The predicted molar refractivity (Wildman–Crippen MR) is 82.6 cm³/mol. The van der Waals surface area contributed by atoms with Crippen molar-refractivity contribution in [2.45, 2.75) is 47.1 Å². The van der Waals surface area contributed by atoms with Crippen molar-refractivity contribution in [3.8, 4) is 5.75 Å². The third-order valence-corrected chi connectivity index (χ3v) is 4.15. The molecule has 0 bridgehead atoms. The predicted octanol–water partition coefficient (Wildman–Crippen LogP) is 4.70. The van der Waals surface area contributed by atoms with Gasteiger partial charge in [0.1, 0.15) is 17.4 Å². The van der Waals surface area contributed by atoms with E-state index in [1.807, 2.05) is 6.92 Å². The van der Waals surface area contributed by atoms with Crippen molar-refractivity contribution in [1.29, 1.82) is 0 Å². The molecule has 0 radical (unpaired) electrons. The Labute approximate surface area is 126 Å². The van der Waals surface area contributed by atoms with Crippen LogP contribution in [-0.4, -0.2) is 13.7 Å². The molecule has 1 aromatic rings. The van der Waals surface area contributed by atoms with Crippen LogP contribution in [-0.2, 0) is 0 Å². The van der Waals surface area contributed by atoms with Gasteiger partial charge in [0.15, 0.2) is 0 Å². The quantitative estimate of drug-likeness (QED) is 0.822. The van der Waals surface area contributed by atoms with Gasteiger partial charge in [0, 0.05) is 23.7 Å². The van der Waals surface area contributed by atoms with Crippen LogP contribution in [0.2, 0.25) is 0 Å². The second-order valence-electron chi connectivity index (χ2n) is 6.62. The maximum absolute atomic E-state index is 14.3. The summed E-state index contributed by atoms with van der Waals surface area (Å²) >= 11 is 0. The van der Waals surface area contributed by atoms with Crippen LogP contribution in [0.3, 0.4) is 0 Å². The molecule has 1 rings (SSSR count). The van der Waals surface area contributed by atoms with E-state index in [0.717, 1.165) is 0 Å². The van der Waals surface area contributed by atoms with Gasteiger partial charge in [0.05, 0.1) is 7.11 Å². The topological polar surface area (TPSA) is 21.3 Å². The van der Waals surface area contributed by atoms with Gasteiger partial charge in [-0.2, -0.15) is 0 Å². The van der Waals surface area contributed by atoms with Gasteiger partial charge in [-0.1, -0.05) is 34.6 Å². The molecule has 0 aliphatic carbocycles. The van der Waals surface area contributed by atoms with Crippen LogP contribution < -0.4 is 10.1 Å². The number of halogens is 2. The van der Waals surface area contributed by atoms with Gasteiger partial charge in [-0.15, -0.1) is 0 Å². The Kier molecular flexibility index (Phi) is 6.14. The van der Waals surface area contributed by atoms with Crippen LogP contribution in [0, 0.1) is 23.0 Å². The highest BCUT2D eigenvalue weighted by Gasteiger charge is 2.27. The lowest BCUT2D eigenvalue weighted by molar-refractivity contribution is 0.220. The maximum Gasteiger partial charge on any atom is 0.134 e. The van der Waals surface area contributed by atoms with Crippen molar-refractivity contribution in [3.05, 3.63) is 29.3 Å². The number of methoxy groups -OCH3 is 1. The summed E-state index contributed by atoms with van der Waals surface area (Å²) in [5, 5.41) is 3.20. The number of benzene rings is 1. The average molecular weight is 299 g/mol. The van der Waals surface area contributed by atoms with E-state index in [4.69, 9.17) is 4.74 Å². The molecule has 0 aromatic heterocycles. The standard InChI is InChI=1S/C17H27F2NO/c1-7-20-15(8-11(2)17(3,4)5)16-13(18)9-12(21-6)10-14(16)19/h9-11,15,20H,7-8H2,1-6H3. The monoisotopic (exact) mass is 299 g/mol. The van der Waals surface area contributed by atoms with Crippen LogP contribution in [0.15, 0.2) is 12.1 Å². The second kappa shape index (κ2) is 7.21. The second-order valence-corrected chi connectivity index (χ2v) is 6.62. The zero-order valence-electron chi connectivity index (χ0n) is 13.9. The summed E-state index contributed by atoms with van der Waals surface area (Å²) < 4.78 is 33.4. The first-order chi connectivity index (χ1) is 9.70. The Morgan fingerprint density at radius 3 is 2.10 bits per heavy atom. The van der Waals surface area contributed by atoms with Gasteiger partial charge in [-0.25, -0.2) is 8.78 Å². The molecular weight excluding hydrogens is 272 g/mol. The molecule has 120 valence electrons. The van der Waals surface area contributed by atoms with Crippen molar-refractivity contribution >= 4 is 0 Å². The smallest absolute Gasteiger partial charge is 0.134 e. The van der Waals surface area contributed by atoms with E-state index in [9.17, 15) is 8.78 Å². The molecule has 0 heterocycles. The van der Waals surface area contributed by atoms with E-state index in [0.29, 0.717) is 18.9 Å². The summed E-state index contributed by atoms with van der Waals surface area (Å²) in [6.07, 6.45) is 0.678. The fraction of sp³-hybridized carbons (Fsp3) is 0.647. The van der Waals surface area contributed by atoms with Crippen LogP contribution in [0.25, 0.3) is 0 Å². The van der Waals surface area contributed by atoms with Crippen molar-refractivity contribution in [1.82, 2.24) is 5.32 Å². The molecule has 0 saturated carbocycles. The maximum atomic E-state index is 14.3. The van der Waals surface area contributed by atoms with Gasteiger partial charge in [-0.3, -0.25) is 0 Å². The minimum atomic E-state index is -0.557. The van der Waals surface area contributed by atoms with Crippen molar-refractivity contribution in [2.24, 2.45) is 11.3 Å². The Morgan fingerprint density at radius 2 is 1.71 bits per heavy atom. The SMILES string of the molecule is CCNC(CC(C)C(C)(C)C)c1c(F)cc(OC)cc1F. The lowest BCUT2D eigenvalue weighted by atomic mass is 9.77. The molecular formula is C17H27F2NO. The number of hydrogen-bond acceptors (Lipinski definition) is 2. The van der Waals surface area contributed by atoms with E-state index >= 15 is 0 Å². The summed E-state index contributed by atoms with van der Waals surface area (Å²) in [7, 11) is 1.40. The number of hydrogen-bond donors (Lipinski definition) is 1. The van der Waals surface area contributed by atoms with E-state index in [1.165, 1.54) is 19.2 Å². The van der Waals surface area contributed by atoms with Crippen LogP contribution in [0.5, 0.6) is 5.75 Å². The first-order valence-electron chi connectivity index (χ1n) is 7.47. The van der Waals surface area contributed by atoms with Gasteiger partial charge < -0.3 is 10.1 Å². The molecule has 21 heavy (non-hydrogen) atoms. The highest BCUT2D eigenvalue weighted by molar-refractivity contribution is 5.32. The Bertz CT molecular complexity index is 445. The summed E-state index contributed by atoms with van der Waals surface area (Å²) in [5.41, 5.74) is 0.196. The van der Waals surface area contributed by atoms with E-state index in [1.54, 1.807) is 0 Å². The lowest BCUT2D eigenvalue weighted by Crippen LogP contribution is -2.28. The van der Waals surface area contributed by atoms with Gasteiger partial charge in [-0.05, 0) is 24.3 Å². The van der Waals surface area contributed by atoms with E-state index in [2.05, 4.69) is 33.0 Å². The fourth-order valence-electron chi connectivity index (χ4n) is 2.27. The zero-order valence-corrected chi connectivity index (χ0v) is 13.9. The molecule has 1 aromatic carbocycles. The molecule has 1 N–H and O–H groups in total. The first-order valence-corrected chi connectivity index (χ1v) is 7.47. The molecule has 2 unspecified atom stereocenters. The molecule has 0 spiro atoms. The van der Waals surface area contributed by atoms with Crippen LogP contribution in [0.1, 0.15) is 52.6 Å². The molecule has 0 saturated heterocycles. The van der Waals surface area contributed by atoms with E-state index in [-0.39, 0.29) is 22.8 Å². The Hall–Kier alpha value is -1.16. The third kappa shape index (κ3) is 4.67. The molecule has 4 heteroatoms. The normalized spacial score (nSPS) is 14.9. The van der Waals surface area contributed by atoms with Crippen molar-refractivity contribution < 1.29 is 13.5 Å². The summed E-state index contributed by atoms with van der Waals surface area (Å²) in [6.45, 7) is 11.1. The zero-order chi connectivity index (χ0) is 16.2. The minimum absolute atomic E-state index is 0.0904. The molecule has 2 atom stereocenters. The average Bonchev–Trinajstić information content (AvgIpc) is 2.36. The summed E-state index contributed by atoms with van der Waals surface area (Å²) in [5.74, 6) is -0.590. The van der Waals surface area contributed by atoms with Gasteiger partial charge in [0.25, 0.3) is 0 Å². The molecule has 2 nitrogen and oxygen atoms in total. The van der Waals surface area contributed by atoms with Gasteiger partial charge >= 0.3 is 0 Å². The molecule has 0 fully saturated rings.